The summed E-state index contributed by atoms with van der Waals surface area (Å²) >= 11 is 0. The van der Waals surface area contributed by atoms with Crippen molar-refractivity contribution in [2.75, 3.05) is 6.61 Å². The molecule has 148 valence electrons. The number of benzene rings is 1. The number of carbonyl (C=O) groups is 1. The van der Waals surface area contributed by atoms with Gasteiger partial charge in [-0.3, -0.25) is 9.35 Å². The predicted octanol–water partition coefficient (Wildman–Crippen LogP) is 4.49. The van der Waals surface area contributed by atoms with Crippen molar-refractivity contribution >= 4 is 22.0 Å². The fourth-order valence-electron chi connectivity index (χ4n) is 4.85. The lowest BCUT2D eigenvalue weighted by atomic mass is 9.68. The van der Waals surface area contributed by atoms with Crippen LogP contribution in [0.4, 0.5) is 0 Å². The lowest BCUT2D eigenvalue weighted by Gasteiger charge is -2.37. The Morgan fingerprint density at radius 2 is 2.11 bits per heavy atom. The zero-order valence-electron chi connectivity index (χ0n) is 16.2. The Balaban J connectivity index is 2.05. The molecule has 0 radical (unpaired) electrons. The molecule has 1 N–H and O–H groups in total. The summed E-state index contributed by atoms with van der Waals surface area (Å²) in [5.41, 5.74) is -1.05. The van der Waals surface area contributed by atoms with E-state index >= 15 is 0 Å². The van der Waals surface area contributed by atoms with Crippen LogP contribution in [-0.4, -0.2) is 25.4 Å². The Kier molecular flexibility index (Phi) is 5.25. The standard InChI is InChI=1S/C21H28O5S/c1-4-5-11-26-17-8-6-7-15(12-17)13-19(27(23,24)25)21-10-9-16(14-18(21)22)20(21,2)3/h6-8,12-13,16H,4-5,9-11,14H2,1-3H3,(H,23,24,25). The van der Waals surface area contributed by atoms with E-state index < -0.39 is 20.9 Å². The Morgan fingerprint density at radius 1 is 1.37 bits per heavy atom. The van der Waals surface area contributed by atoms with Crippen molar-refractivity contribution in [1.82, 2.24) is 0 Å². The van der Waals surface area contributed by atoms with Crippen LogP contribution in [0.1, 0.15) is 58.4 Å². The Bertz CT molecular complexity index is 868. The molecule has 0 spiro atoms. The molecule has 3 rings (SSSR count). The van der Waals surface area contributed by atoms with Gasteiger partial charge in [0.1, 0.15) is 11.5 Å². The van der Waals surface area contributed by atoms with Gasteiger partial charge in [-0.1, -0.05) is 39.3 Å². The van der Waals surface area contributed by atoms with Crippen LogP contribution < -0.4 is 4.74 Å². The molecule has 2 aliphatic carbocycles. The largest absolute Gasteiger partial charge is 0.494 e. The first-order chi connectivity index (χ1) is 12.6. The number of hydrogen-bond donors (Lipinski definition) is 1. The van der Waals surface area contributed by atoms with Crippen molar-refractivity contribution in [2.45, 2.75) is 52.9 Å². The number of ether oxygens (including phenoxy) is 1. The monoisotopic (exact) mass is 392 g/mol. The molecule has 0 aliphatic heterocycles. The van der Waals surface area contributed by atoms with E-state index in [9.17, 15) is 17.8 Å². The van der Waals surface area contributed by atoms with Gasteiger partial charge in [0.25, 0.3) is 10.1 Å². The molecule has 2 fully saturated rings. The number of carbonyl (C=O) groups excluding carboxylic acids is 1. The number of hydrogen-bond acceptors (Lipinski definition) is 4. The first-order valence-corrected chi connectivity index (χ1v) is 11.0. The molecule has 2 unspecified atom stereocenters. The molecule has 1 aromatic carbocycles. The van der Waals surface area contributed by atoms with E-state index in [1.165, 1.54) is 6.08 Å². The summed E-state index contributed by atoms with van der Waals surface area (Å²) in [6, 6.07) is 7.10. The highest BCUT2D eigenvalue weighted by atomic mass is 32.2. The molecule has 0 heterocycles. The van der Waals surface area contributed by atoms with E-state index in [1.54, 1.807) is 18.2 Å². The minimum atomic E-state index is -4.53. The zero-order chi connectivity index (χ0) is 19.9. The predicted molar refractivity (Wildman–Crippen MR) is 105 cm³/mol. The van der Waals surface area contributed by atoms with Gasteiger partial charge in [0.15, 0.2) is 0 Å². The highest BCUT2D eigenvalue weighted by molar-refractivity contribution is 7.90. The molecule has 2 bridgehead atoms. The summed E-state index contributed by atoms with van der Waals surface area (Å²) < 4.78 is 40.4. The number of unbranched alkanes of at least 4 members (excludes halogenated alkanes) is 1. The van der Waals surface area contributed by atoms with Gasteiger partial charge < -0.3 is 4.74 Å². The van der Waals surface area contributed by atoms with Crippen molar-refractivity contribution in [3.05, 3.63) is 34.7 Å². The van der Waals surface area contributed by atoms with Crippen molar-refractivity contribution < 1.29 is 22.5 Å². The van der Waals surface area contributed by atoms with Crippen molar-refractivity contribution in [3.8, 4) is 5.75 Å². The van der Waals surface area contributed by atoms with Crippen LogP contribution in [0.2, 0.25) is 0 Å². The molecular formula is C21H28O5S. The van der Waals surface area contributed by atoms with Gasteiger partial charge in [0.05, 0.1) is 16.9 Å². The number of allylic oxidation sites excluding steroid dienone is 1. The normalized spacial score (nSPS) is 27.2. The summed E-state index contributed by atoms with van der Waals surface area (Å²) in [4.78, 5) is 12.7. The van der Waals surface area contributed by atoms with Crippen LogP contribution in [0.25, 0.3) is 6.08 Å². The minimum Gasteiger partial charge on any atom is -0.494 e. The Morgan fingerprint density at radius 3 is 2.67 bits per heavy atom. The lowest BCUT2D eigenvalue weighted by Crippen LogP contribution is -2.40. The zero-order valence-corrected chi connectivity index (χ0v) is 17.0. The summed E-state index contributed by atoms with van der Waals surface area (Å²) in [5.74, 6) is 0.715. The molecule has 0 aromatic heterocycles. The molecule has 0 saturated heterocycles. The average molecular weight is 393 g/mol. The average Bonchev–Trinajstić information content (AvgIpc) is 2.94. The highest BCUT2D eigenvalue weighted by Crippen LogP contribution is 2.67. The van der Waals surface area contributed by atoms with E-state index in [1.807, 2.05) is 19.9 Å². The summed E-state index contributed by atoms with van der Waals surface area (Å²) in [6.45, 7) is 6.55. The fraction of sp³-hybridized carbons (Fsp3) is 0.571. The van der Waals surface area contributed by atoms with Gasteiger partial charge in [0.2, 0.25) is 0 Å². The van der Waals surface area contributed by atoms with E-state index in [0.717, 1.165) is 19.3 Å². The maximum Gasteiger partial charge on any atom is 0.291 e. The van der Waals surface area contributed by atoms with Crippen LogP contribution in [0.3, 0.4) is 0 Å². The minimum absolute atomic E-state index is 0.0806. The molecule has 6 heteroatoms. The molecule has 2 atom stereocenters. The number of rotatable bonds is 7. The Hall–Kier alpha value is -1.66. The van der Waals surface area contributed by atoms with Crippen LogP contribution >= 0.6 is 0 Å². The molecule has 5 nitrogen and oxygen atoms in total. The lowest BCUT2D eigenvalue weighted by molar-refractivity contribution is -0.126. The fourth-order valence-corrected chi connectivity index (χ4v) is 6.06. The molecular weight excluding hydrogens is 364 g/mol. The van der Waals surface area contributed by atoms with Gasteiger partial charge in [-0.05, 0) is 54.4 Å². The maximum absolute atomic E-state index is 12.9. The van der Waals surface area contributed by atoms with Gasteiger partial charge in [-0.25, -0.2) is 0 Å². The van der Waals surface area contributed by atoms with Crippen molar-refractivity contribution in [2.24, 2.45) is 16.7 Å². The van der Waals surface area contributed by atoms with E-state index in [0.29, 0.717) is 30.8 Å². The van der Waals surface area contributed by atoms with Crippen LogP contribution in [0.15, 0.2) is 29.2 Å². The smallest absolute Gasteiger partial charge is 0.291 e. The summed E-state index contributed by atoms with van der Waals surface area (Å²) in [5, 5.41) is 0. The molecule has 27 heavy (non-hydrogen) atoms. The number of ketones is 1. The van der Waals surface area contributed by atoms with Crippen molar-refractivity contribution in [1.29, 1.82) is 0 Å². The summed E-state index contributed by atoms with van der Waals surface area (Å²) in [7, 11) is -4.53. The van der Waals surface area contributed by atoms with Crippen LogP contribution in [0, 0.1) is 16.7 Å². The number of fused-ring (bicyclic) bond motifs is 2. The van der Waals surface area contributed by atoms with Gasteiger partial charge in [0, 0.05) is 6.42 Å². The van der Waals surface area contributed by atoms with Crippen LogP contribution in [0.5, 0.6) is 5.75 Å². The second-order valence-corrected chi connectivity index (χ2v) is 9.64. The summed E-state index contributed by atoms with van der Waals surface area (Å²) in [6.07, 6.45) is 5.04. The van der Waals surface area contributed by atoms with Crippen LogP contribution in [-0.2, 0) is 14.9 Å². The third kappa shape index (κ3) is 3.34. The van der Waals surface area contributed by atoms with Gasteiger partial charge in [-0.15, -0.1) is 0 Å². The molecule has 1 aromatic rings. The van der Waals surface area contributed by atoms with E-state index in [2.05, 4.69) is 6.92 Å². The van der Waals surface area contributed by atoms with Gasteiger partial charge >= 0.3 is 0 Å². The second kappa shape index (κ2) is 7.06. The highest BCUT2D eigenvalue weighted by Gasteiger charge is 2.67. The topological polar surface area (TPSA) is 80.7 Å². The van der Waals surface area contributed by atoms with E-state index in [4.69, 9.17) is 4.74 Å². The van der Waals surface area contributed by atoms with Crippen molar-refractivity contribution in [3.63, 3.8) is 0 Å². The second-order valence-electron chi connectivity index (χ2n) is 8.25. The molecule has 2 saturated carbocycles. The SMILES string of the molecule is CCCCOc1cccc(C=C(C23CCC(CC2=O)C3(C)C)S(=O)(=O)O)c1. The quantitative estimate of drug-likeness (QED) is 0.546. The van der Waals surface area contributed by atoms with E-state index in [-0.39, 0.29) is 16.6 Å². The molecule has 2 aliphatic rings. The molecule has 0 amide bonds. The van der Waals surface area contributed by atoms with Gasteiger partial charge in [-0.2, -0.15) is 8.42 Å². The third-order valence-electron chi connectivity index (χ3n) is 6.52. The Labute approximate surface area is 161 Å². The number of Topliss-reactive ketones (excluding diaryl/α,β-unsaturated/α-hetero) is 1. The first-order valence-electron chi connectivity index (χ1n) is 9.59. The first kappa shape index (κ1) is 20.1. The third-order valence-corrected chi connectivity index (χ3v) is 7.54. The maximum atomic E-state index is 12.9.